The van der Waals surface area contributed by atoms with E-state index >= 15 is 0 Å². The van der Waals surface area contributed by atoms with Crippen molar-refractivity contribution in [3.8, 4) is 0 Å². The summed E-state index contributed by atoms with van der Waals surface area (Å²) >= 11 is 9.98. The predicted molar refractivity (Wildman–Crippen MR) is 90.3 cm³/mol. The standard InChI is InChI=1S/C15H20BrClN4/c1-3-13-15(17)14(21(2)20-13)9-11(19-18)8-10-6-4-5-7-12(10)16/h4-7,11,19H,3,8-9,18H2,1-2H3. The average molecular weight is 372 g/mol. The third kappa shape index (κ3) is 3.86. The fraction of sp³-hybridized carbons (Fsp3) is 0.400. The van der Waals surface area contributed by atoms with Gasteiger partial charge >= 0.3 is 0 Å². The van der Waals surface area contributed by atoms with E-state index in [9.17, 15) is 0 Å². The zero-order chi connectivity index (χ0) is 15.4. The largest absolute Gasteiger partial charge is 0.271 e. The van der Waals surface area contributed by atoms with Gasteiger partial charge in [-0.25, -0.2) is 0 Å². The Morgan fingerprint density at radius 1 is 1.38 bits per heavy atom. The smallest absolute Gasteiger partial charge is 0.0850 e. The number of halogens is 2. The first kappa shape index (κ1) is 16.5. The summed E-state index contributed by atoms with van der Waals surface area (Å²) in [7, 11) is 1.92. The number of nitrogens with one attached hydrogen (secondary N) is 1. The molecule has 2 rings (SSSR count). The van der Waals surface area contributed by atoms with Crippen molar-refractivity contribution in [2.45, 2.75) is 32.2 Å². The first-order valence-electron chi connectivity index (χ1n) is 6.96. The maximum atomic E-state index is 6.40. The van der Waals surface area contributed by atoms with Crippen molar-refractivity contribution in [1.82, 2.24) is 15.2 Å². The Balaban J connectivity index is 2.16. The summed E-state index contributed by atoms with van der Waals surface area (Å²) in [6.45, 7) is 2.05. The zero-order valence-corrected chi connectivity index (χ0v) is 14.6. The molecule has 1 heterocycles. The van der Waals surface area contributed by atoms with Crippen LogP contribution >= 0.6 is 27.5 Å². The summed E-state index contributed by atoms with van der Waals surface area (Å²) < 4.78 is 2.95. The van der Waals surface area contributed by atoms with Crippen LogP contribution in [0.5, 0.6) is 0 Å². The molecule has 0 saturated carbocycles. The van der Waals surface area contributed by atoms with Crippen LogP contribution in [0.3, 0.4) is 0 Å². The molecule has 0 bridgehead atoms. The van der Waals surface area contributed by atoms with Gasteiger partial charge in [-0.15, -0.1) is 0 Å². The molecule has 0 aliphatic heterocycles. The van der Waals surface area contributed by atoms with E-state index in [0.717, 1.165) is 40.1 Å². The normalized spacial score (nSPS) is 12.6. The van der Waals surface area contributed by atoms with Gasteiger partial charge < -0.3 is 0 Å². The minimum absolute atomic E-state index is 0.0984. The molecule has 3 N–H and O–H groups in total. The van der Waals surface area contributed by atoms with E-state index in [2.05, 4.69) is 39.4 Å². The summed E-state index contributed by atoms with van der Waals surface area (Å²) in [6, 6.07) is 8.26. The van der Waals surface area contributed by atoms with Crippen LogP contribution in [-0.2, 0) is 26.3 Å². The molecular weight excluding hydrogens is 352 g/mol. The number of hydrazine groups is 1. The van der Waals surface area contributed by atoms with Gasteiger partial charge in [-0.3, -0.25) is 16.0 Å². The lowest BCUT2D eigenvalue weighted by Gasteiger charge is -2.17. The summed E-state index contributed by atoms with van der Waals surface area (Å²) in [5, 5.41) is 5.20. The van der Waals surface area contributed by atoms with Gasteiger partial charge in [0, 0.05) is 24.0 Å². The third-order valence-corrected chi connectivity index (χ3v) is 4.81. The first-order valence-corrected chi connectivity index (χ1v) is 8.13. The van der Waals surface area contributed by atoms with Crippen molar-refractivity contribution in [2.75, 3.05) is 0 Å². The van der Waals surface area contributed by atoms with Gasteiger partial charge in [0.2, 0.25) is 0 Å². The number of aromatic nitrogens is 2. The maximum absolute atomic E-state index is 6.40. The summed E-state index contributed by atoms with van der Waals surface area (Å²) in [4.78, 5) is 0. The van der Waals surface area contributed by atoms with Gasteiger partial charge in [0.15, 0.2) is 0 Å². The van der Waals surface area contributed by atoms with Crippen LogP contribution in [0.1, 0.15) is 23.9 Å². The Kier molecular flexibility index (Phi) is 5.81. The number of hydrogen-bond donors (Lipinski definition) is 2. The van der Waals surface area contributed by atoms with E-state index in [1.54, 1.807) is 0 Å². The number of rotatable bonds is 6. The molecule has 114 valence electrons. The number of benzene rings is 1. The van der Waals surface area contributed by atoms with Crippen LogP contribution < -0.4 is 11.3 Å². The fourth-order valence-corrected chi connectivity index (χ4v) is 3.21. The predicted octanol–water partition coefficient (Wildman–Crippen LogP) is 3.02. The second-order valence-electron chi connectivity index (χ2n) is 5.05. The Morgan fingerprint density at radius 2 is 2.10 bits per heavy atom. The van der Waals surface area contributed by atoms with Crippen molar-refractivity contribution < 1.29 is 0 Å². The lowest BCUT2D eigenvalue weighted by Crippen LogP contribution is -2.39. The molecule has 1 atom stereocenters. The summed E-state index contributed by atoms with van der Waals surface area (Å²) in [5.74, 6) is 5.72. The zero-order valence-electron chi connectivity index (χ0n) is 12.2. The van der Waals surface area contributed by atoms with Gasteiger partial charge in [0.25, 0.3) is 0 Å². The van der Waals surface area contributed by atoms with Crippen molar-refractivity contribution in [2.24, 2.45) is 12.9 Å². The molecule has 4 nitrogen and oxygen atoms in total. The molecule has 0 aliphatic rings. The molecule has 6 heteroatoms. The SMILES string of the molecule is CCc1nn(C)c(CC(Cc2ccccc2Br)NN)c1Cl. The van der Waals surface area contributed by atoms with Gasteiger partial charge in [-0.1, -0.05) is 52.7 Å². The van der Waals surface area contributed by atoms with E-state index in [0.29, 0.717) is 0 Å². The molecule has 0 saturated heterocycles. The molecule has 21 heavy (non-hydrogen) atoms. The van der Waals surface area contributed by atoms with Crippen molar-refractivity contribution in [3.05, 3.63) is 50.7 Å². The van der Waals surface area contributed by atoms with Crippen LogP contribution in [0.15, 0.2) is 28.7 Å². The highest BCUT2D eigenvalue weighted by Gasteiger charge is 2.18. The van der Waals surface area contributed by atoms with Gasteiger partial charge in [-0.05, 0) is 24.5 Å². The Labute approximate surface area is 138 Å². The average Bonchev–Trinajstić information content (AvgIpc) is 2.75. The number of aryl methyl sites for hydroxylation is 2. The molecule has 0 fully saturated rings. The Bertz CT molecular complexity index is 612. The van der Waals surface area contributed by atoms with Crippen LogP contribution in [-0.4, -0.2) is 15.8 Å². The monoisotopic (exact) mass is 370 g/mol. The minimum Gasteiger partial charge on any atom is -0.271 e. The third-order valence-electron chi connectivity index (χ3n) is 3.60. The molecule has 0 spiro atoms. The molecular formula is C15H20BrClN4. The van der Waals surface area contributed by atoms with E-state index in [-0.39, 0.29) is 6.04 Å². The van der Waals surface area contributed by atoms with Gasteiger partial charge in [0.1, 0.15) is 0 Å². The minimum atomic E-state index is 0.0984. The molecule has 1 aromatic carbocycles. The van der Waals surface area contributed by atoms with E-state index in [1.165, 1.54) is 5.56 Å². The van der Waals surface area contributed by atoms with Crippen molar-refractivity contribution >= 4 is 27.5 Å². The Hall–Kier alpha value is -0.880. The molecule has 0 radical (unpaired) electrons. The van der Waals surface area contributed by atoms with E-state index in [1.807, 2.05) is 29.9 Å². The first-order chi connectivity index (χ1) is 10.1. The number of hydrogen-bond acceptors (Lipinski definition) is 3. The quantitative estimate of drug-likeness (QED) is 0.606. The second-order valence-corrected chi connectivity index (χ2v) is 6.28. The van der Waals surface area contributed by atoms with Crippen LogP contribution in [0.4, 0.5) is 0 Å². The van der Waals surface area contributed by atoms with Gasteiger partial charge in [0.05, 0.1) is 16.4 Å². The lowest BCUT2D eigenvalue weighted by molar-refractivity contribution is 0.504. The summed E-state index contributed by atoms with van der Waals surface area (Å²) in [6.07, 6.45) is 2.39. The molecule has 0 amide bonds. The maximum Gasteiger partial charge on any atom is 0.0850 e. The van der Waals surface area contributed by atoms with Crippen molar-refractivity contribution in [3.63, 3.8) is 0 Å². The van der Waals surface area contributed by atoms with Crippen LogP contribution in [0, 0.1) is 0 Å². The molecule has 1 aromatic heterocycles. The molecule has 0 aliphatic carbocycles. The fourth-order valence-electron chi connectivity index (χ4n) is 2.39. The summed E-state index contributed by atoms with van der Waals surface area (Å²) in [5.41, 5.74) is 6.06. The van der Waals surface area contributed by atoms with Crippen LogP contribution in [0.25, 0.3) is 0 Å². The molecule has 1 unspecified atom stereocenters. The van der Waals surface area contributed by atoms with E-state index in [4.69, 9.17) is 17.4 Å². The van der Waals surface area contributed by atoms with Gasteiger partial charge in [-0.2, -0.15) is 5.10 Å². The topological polar surface area (TPSA) is 55.9 Å². The Morgan fingerprint density at radius 3 is 2.67 bits per heavy atom. The number of nitrogens with zero attached hydrogens (tertiary/aromatic N) is 2. The highest BCUT2D eigenvalue weighted by molar-refractivity contribution is 9.10. The lowest BCUT2D eigenvalue weighted by atomic mass is 10.0. The number of nitrogens with two attached hydrogens (primary N) is 1. The molecule has 2 aromatic rings. The van der Waals surface area contributed by atoms with Crippen molar-refractivity contribution in [1.29, 1.82) is 0 Å². The highest BCUT2D eigenvalue weighted by atomic mass is 79.9. The van der Waals surface area contributed by atoms with E-state index < -0.39 is 0 Å². The second kappa shape index (κ2) is 7.40. The van der Waals surface area contributed by atoms with Crippen LogP contribution in [0.2, 0.25) is 5.02 Å². The highest BCUT2D eigenvalue weighted by Crippen LogP contribution is 2.24.